The molecule has 1 unspecified atom stereocenters. The van der Waals surface area contributed by atoms with Crippen molar-refractivity contribution >= 4 is 11.8 Å². The number of hydrogen-bond donors (Lipinski definition) is 0. The van der Waals surface area contributed by atoms with Crippen LogP contribution < -0.4 is 4.90 Å². The van der Waals surface area contributed by atoms with E-state index in [1.54, 1.807) is 25.8 Å². The summed E-state index contributed by atoms with van der Waals surface area (Å²) in [5.74, 6) is -0.956. The van der Waals surface area contributed by atoms with Crippen LogP contribution in [0.1, 0.15) is 12.6 Å². The molecule has 0 aliphatic rings. The number of carbonyl (C=O) groups excluding carboxylic acids is 1. The number of halogens is 1. The number of ether oxygens (including phenoxy) is 1. The third-order valence-corrected chi connectivity index (χ3v) is 2.46. The molecule has 17 heavy (non-hydrogen) atoms. The van der Waals surface area contributed by atoms with Gasteiger partial charge in [-0.25, -0.2) is 14.4 Å². The van der Waals surface area contributed by atoms with Crippen LogP contribution in [0.4, 0.5) is 10.2 Å². The molecule has 0 saturated carbocycles. The van der Waals surface area contributed by atoms with Crippen molar-refractivity contribution in [3.05, 3.63) is 17.8 Å². The molecule has 1 atom stereocenters. The van der Waals surface area contributed by atoms with Gasteiger partial charge in [-0.2, -0.15) is 0 Å². The standard InChI is InChI=1S/C11H16FN3O2/c1-7(11(16)17-4)5-15(3)10-9(12)8(2)13-6-14-10/h6-7H,5H2,1-4H3. The number of aromatic nitrogens is 2. The molecule has 0 radical (unpaired) electrons. The molecule has 0 fully saturated rings. The van der Waals surface area contributed by atoms with Crippen LogP contribution in [-0.4, -0.2) is 36.6 Å². The van der Waals surface area contributed by atoms with Crippen LogP contribution in [0.5, 0.6) is 0 Å². The fourth-order valence-corrected chi connectivity index (χ4v) is 1.48. The molecule has 0 amide bonds. The zero-order chi connectivity index (χ0) is 13.0. The molecule has 0 N–H and O–H groups in total. The molecule has 1 aromatic heterocycles. The number of nitrogens with zero attached hydrogens (tertiary/aromatic N) is 3. The molecule has 0 saturated heterocycles. The Morgan fingerprint density at radius 2 is 2.24 bits per heavy atom. The predicted molar refractivity (Wildman–Crippen MR) is 61.2 cm³/mol. The second-order valence-electron chi connectivity index (χ2n) is 3.90. The number of rotatable bonds is 4. The summed E-state index contributed by atoms with van der Waals surface area (Å²) in [7, 11) is 3.00. The zero-order valence-electron chi connectivity index (χ0n) is 10.4. The van der Waals surface area contributed by atoms with Gasteiger partial charge in [-0.3, -0.25) is 4.79 Å². The summed E-state index contributed by atoms with van der Waals surface area (Å²) in [5.41, 5.74) is 0.285. The highest BCUT2D eigenvalue weighted by Crippen LogP contribution is 2.17. The van der Waals surface area contributed by atoms with E-state index in [1.165, 1.54) is 13.4 Å². The molecule has 94 valence electrons. The van der Waals surface area contributed by atoms with Gasteiger partial charge in [-0.05, 0) is 6.92 Å². The fourth-order valence-electron chi connectivity index (χ4n) is 1.48. The second-order valence-corrected chi connectivity index (χ2v) is 3.90. The molecule has 0 aromatic carbocycles. The Morgan fingerprint density at radius 1 is 1.59 bits per heavy atom. The van der Waals surface area contributed by atoms with E-state index in [-0.39, 0.29) is 23.4 Å². The van der Waals surface area contributed by atoms with Crippen LogP contribution in [0, 0.1) is 18.7 Å². The molecule has 0 bridgehead atoms. The monoisotopic (exact) mass is 241 g/mol. The van der Waals surface area contributed by atoms with Gasteiger partial charge in [-0.1, -0.05) is 6.92 Å². The molecule has 0 spiro atoms. The first-order chi connectivity index (χ1) is 7.97. The van der Waals surface area contributed by atoms with Gasteiger partial charge in [0.25, 0.3) is 0 Å². The van der Waals surface area contributed by atoms with E-state index in [0.29, 0.717) is 6.54 Å². The van der Waals surface area contributed by atoms with Crippen molar-refractivity contribution in [3.8, 4) is 0 Å². The molecule has 6 heteroatoms. The van der Waals surface area contributed by atoms with E-state index in [0.717, 1.165) is 0 Å². The second kappa shape index (κ2) is 5.56. The summed E-state index contributed by atoms with van der Waals surface area (Å²) in [6.07, 6.45) is 1.30. The number of anilines is 1. The summed E-state index contributed by atoms with van der Waals surface area (Å²) >= 11 is 0. The predicted octanol–water partition coefficient (Wildman–Crippen LogP) is 1.17. The van der Waals surface area contributed by atoms with Crippen LogP contribution in [0.2, 0.25) is 0 Å². The lowest BCUT2D eigenvalue weighted by Gasteiger charge is -2.21. The van der Waals surface area contributed by atoms with Crippen LogP contribution in [0.3, 0.4) is 0 Å². The Morgan fingerprint density at radius 3 is 2.82 bits per heavy atom. The first-order valence-corrected chi connectivity index (χ1v) is 5.23. The minimum atomic E-state index is -0.466. The Balaban J connectivity index is 2.80. The van der Waals surface area contributed by atoms with Crippen molar-refractivity contribution in [3.63, 3.8) is 0 Å². The van der Waals surface area contributed by atoms with Crippen molar-refractivity contribution < 1.29 is 13.9 Å². The number of esters is 1. The quantitative estimate of drug-likeness (QED) is 0.741. The third-order valence-electron chi connectivity index (χ3n) is 2.46. The van der Waals surface area contributed by atoms with Crippen LogP contribution in [0.15, 0.2) is 6.33 Å². The van der Waals surface area contributed by atoms with E-state index >= 15 is 0 Å². The molecule has 1 heterocycles. The molecular formula is C11H16FN3O2. The van der Waals surface area contributed by atoms with Gasteiger partial charge in [-0.15, -0.1) is 0 Å². The lowest BCUT2D eigenvalue weighted by molar-refractivity contribution is -0.144. The van der Waals surface area contributed by atoms with Gasteiger partial charge in [0, 0.05) is 13.6 Å². The lowest BCUT2D eigenvalue weighted by Crippen LogP contribution is -2.30. The highest BCUT2D eigenvalue weighted by molar-refractivity contribution is 5.72. The maximum absolute atomic E-state index is 13.7. The fraction of sp³-hybridized carbons (Fsp3) is 0.545. The minimum absolute atomic E-state index is 0.188. The van der Waals surface area contributed by atoms with Gasteiger partial charge in [0.15, 0.2) is 11.6 Å². The Bertz CT molecular complexity index is 412. The third kappa shape index (κ3) is 3.12. The number of carbonyl (C=O) groups is 1. The van der Waals surface area contributed by atoms with E-state index < -0.39 is 5.82 Å². The van der Waals surface area contributed by atoms with E-state index in [9.17, 15) is 9.18 Å². The molecule has 1 aromatic rings. The summed E-state index contributed by atoms with van der Waals surface area (Å²) < 4.78 is 18.3. The topological polar surface area (TPSA) is 55.3 Å². The van der Waals surface area contributed by atoms with Crippen LogP contribution in [0.25, 0.3) is 0 Å². The van der Waals surface area contributed by atoms with Gasteiger partial charge in [0.2, 0.25) is 0 Å². The minimum Gasteiger partial charge on any atom is -0.469 e. The van der Waals surface area contributed by atoms with E-state index in [2.05, 4.69) is 14.7 Å². The molecular weight excluding hydrogens is 225 g/mol. The Labute approximate surface area is 99.6 Å². The molecule has 0 aliphatic carbocycles. The average Bonchev–Trinajstić information content (AvgIpc) is 2.31. The van der Waals surface area contributed by atoms with Crippen molar-refractivity contribution in [2.24, 2.45) is 5.92 Å². The maximum Gasteiger partial charge on any atom is 0.310 e. The summed E-state index contributed by atoms with van der Waals surface area (Å²) in [4.78, 5) is 20.4. The highest BCUT2D eigenvalue weighted by atomic mass is 19.1. The Kier molecular flexibility index (Phi) is 4.37. The van der Waals surface area contributed by atoms with Crippen molar-refractivity contribution in [1.29, 1.82) is 0 Å². The normalized spacial score (nSPS) is 12.1. The van der Waals surface area contributed by atoms with Crippen molar-refractivity contribution in [2.45, 2.75) is 13.8 Å². The summed E-state index contributed by atoms with van der Waals surface area (Å²) in [6.45, 7) is 3.62. The van der Waals surface area contributed by atoms with E-state index in [4.69, 9.17) is 0 Å². The number of methoxy groups -OCH3 is 1. The molecule has 0 aliphatic heterocycles. The van der Waals surface area contributed by atoms with Gasteiger partial charge >= 0.3 is 5.97 Å². The number of hydrogen-bond acceptors (Lipinski definition) is 5. The van der Waals surface area contributed by atoms with Gasteiger partial charge in [0.05, 0.1) is 18.7 Å². The SMILES string of the molecule is COC(=O)C(C)CN(C)c1ncnc(C)c1F. The largest absolute Gasteiger partial charge is 0.469 e. The first-order valence-electron chi connectivity index (χ1n) is 5.23. The van der Waals surface area contributed by atoms with Crippen molar-refractivity contribution in [2.75, 3.05) is 25.6 Å². The highest BCUT2D eigenvalue weighted by Gasteiger charge is 2.19. The van der Waals surface area contributed by atoms with Crippen LogP contribution in [-0.2, 0) is 9.53 Å². The summed E-state index contributed by atoms with van der Waals surface area (Å²) in [5, 5.41) is 0. The average molecular weight is 241 g/mol. The van der Waals surface area contributed by atoms with Gasteiger partial charge < -0.3 is 9.64 Å². The van der Waals surface area contributed by atoms with Gasteiger partial charge in [0.1, 0.15) is 6.33 Å². The number of aryl methyl sites for hydroxylation is 1. The lowest BCUT2D eigenvalue weighted by atomic mass is 10.2. The van der Waals surface area contributed by atoms with Crippen LogP contribution >= 0.6 is 0 Å². The molecule has 1 rings (SSSR count). The zero-order valence-corrected chi connectivity index (χ0v) is 10.4. The van der Waals surface area contributed by atoms with Crippen molar-refractivity contribution in [1.82, 2.24) is 9.97 Å². The maximum atomic E-state index is 13.7. The summed E-state index contributed by atoms with van der Waals surface area (Å²) in [6, 6.07) is 0. The smallest absolute Gasteiger partial charge is 0.310 e. The molecule has 5 nitrogen and oxygen atoms in total. The first kappa shape index (κ1) is 13.3. The van der Waals surface area contributed by atoms with E-state index in [1.807, 2.05) is 0 Å². The Hall–Kier alpha value is -1.72.